The minimum absolute atomic E-state index is 0.0852. The number of aryl methyl sites for hydroxylation is 1. The van der Waals surface area contributed by atoms with E-state index in [1.54, 1.807) is 0 Å². The summed E-state index contributed by atoms with van der Waals surface area (Å²) in [5.41, 5.74) is -1.89. The number of nitrogens with zero attached hydrogens (tertiary/aromatic N) is 4. The minimum Gasteiger partial charge on any atom is -0.293 e. The molecule has 0 saturated carbocycles. The molecule has 1 unspecified atom stereocenters. The Hall–Kier alpha value is -2.88. The first-order chi connectivity index (χ1) is 14.3. The number of carbonyl (C=O) groups is 1. The van der Waals surface area contributed by atoms with Crippen LogP contribution in [0.4, 0.5) is 8.78 Å². The fraction of sp³-hybridized carbons (Fsp3) is 0.381. The number of aromatic nitrogens is 4. The molecule has 0 radical (unpaired) electrons. The van der Waals surface area contributed by atoms with Crippen molar-refractivity contribution in [3.05, 3.63) is 62.1 Å². The molecule has 0 N–H and O–H groups in total. The number of Topliss-reactive ketones (excluding diaryl/α,β-unsaturated/α-hetero) is 1. The molecule has 10 heteroatoms. The minimum atomic E-state index is -0.885. The van der Waals surface area contributed by atoms with Crippen LogP contribution in [0.15, 0.2) is 32.8 Å². The maximum atomic E-state index is 14.1. The molecule has 0 aliphatic rings. The molecule has 0 bridgehead atoms. The van der Waals surface area contributed by atoms with E-state index in [-0.39, 0.29) is 21.6 Å². The predicted octanol–water partition coefficient (Wildman–Crippen LogP) is 2.97. The molecule has 7 nitrogen and oxygen atoms in total. The Bertz CT molecular complexity index is 1330. The van der Waals surface area contributed by atoms with Crippen LogP contribution in [-0.4, -0.2) is 30.1 Å². The number of hydrogen-bond donors (Lipinski definition) is 0. The van der Waals surface area contributed by atoms with Crippen LogP contribution in [0.2, 0.25) is 0 Å². The molecule has 0 aliphatic heterocycles. The van der Waals surface area contributed by atoms with E-state index in [0.29, 0.717) is 5.82 Å². The van der Waals surface area contributed by atoms with Gasteiger partial charge in [0.15, 0.2) is 11.4 Å². The maximum absolute atomic E-state index is 14.1. The summed E-state index contributed by atoms with van der Waals surface area (Å²) in [7, 11) is 2.83. The van der Waals surface area contributed by atoms with E-state index >= 15 is 0 Å². The van der Waals surface area contributed by atoms with Gasteiger partial charge in [-0.25, -0.2) is 23.5 Å². The van der Waals surface area contributed by atoms with Gasteiger partial charge < -0.3 is 0 Å². The van der Waals surface area contributed by atoms with Gasteiger partial charge in [0.25, 0.3) is 5.56 Å². The quantitative estimate of drug-likeness (QED) is 0.347. The SMILES string of the molecule is CC(Sc1nc(C(C)(C)C)nc2c1c(=O)n(C)c(=O)n2C)C(=O)c1cc(F)ccc1F. The molecule has 164 valence electrons. The lowest BCUT2D eigenvalue weighted by atomic mass is 9.96. The van der Waals surface area contributed by atoms with Crippen LogP contribution in [0.5, 0.6) is 0 Å². The van der Waals surface area contributed by atoms with E-state index in [1.807, 2.05) is 20.8 Å². The fourth-order valence-corrected chi connectivity index (χ4v) is 3.98. The highest BCUT2D eigenvalue weighted by atomic mass is 32.2. The summed E-state index contributed by atoms with van der Waals surface area (Å²) >= 11 is 0.940. The van der Waals surface area contributed by atoms with Crippen LogP contribution in [0, 0.1) is 11.6 Å². The van der Waals surface area contributed by atoms with Gasteiger partial charge in [-0.2, -0.15) is 0 Å². The Morgan fingerprint density at radius 3 is 2.35 bits per heavy atom. The van der Waals surface area contributed by atoms with E-state index in [2.05, 4.69) is 9.97 Å². The molecule has 0 amide bonds. The zero-order valence-corrected chi connectivity index (χ0v) is 18.8. The Kier molecular flexibility index (Phi) is 5.88. The van der Waals surface area contributed by atoms with E-state index in [4.69, 9.17) is 0 Å². The smallest absolute Gasteiger partial charge is 0.293 e. The lowest BCUT2D eigenvalue weighted by molar-refractivity contribution is 0.0989. The summed E-state index contributed by atoms with van der Waals surface area (Å²) in [6.07, 6.45) is 0. The third kappa shape index (κ3) is 4.16. The summed E-state index contributed by atoms with van der Waals surface area (Å²) in [4.78, 5) is 47.0. The number of halogens is 2. The second-order valence-electron chi connectivity index (χ2n) is 8.26. The lowest BCUT2D eigenvalue weighted by Crippen LogP contribution is -2.38. The van der Waals surface area contributed by atoms with Crippen molar-refractivity contribution in [3.8, 4) is 0 Å². The number of hydrogen-bond acceptors (Lipinski definition) is 6. The Morgan fingerprint density at radius 2 is 1.74 bits per heavy atom. The summed E-state index contributed by atoms with van der Waals surface area (Å²) in [6, 6.07) is 2.67. The molecule has 1 aromatic carbocycles. The summed E-state index contributed by atoms with van der Waals surface area (Å²) < 4.78 is 29.8. The number of carbonyl (C=O) groups excluding carboxylic acids is 1. The third-order valence-corrected chi connectivity index (χ3v) is 5.88. The zero-order valence-electron chi connectivity index (χ0n) is 18.0. The van der Waals surface area contributed by atoms with Gasteiger partial charge in [0, 0.05) is 19.5 Å². The average molecular weight is 448 g/mol. The summed E-state index contributed by atoms with van der Waals surface area (Å²) in [6.45, 7) is 7.14. The number of thioether (sulfide) groups is 1. The molecule has 1 atom stereocenters. The maximum Gasteiger partial charge on any atom is 0.332 e. The molecule has 3 rings (SSSR count). The summed E-state index contributed by atoms with van der Waals surface area (Å²) in [5, 5.41) is -0.602. The van der Waals surface area contributed by atoms with Crippen molar-refractivity contribution < 1.29 is 13.6 Å². The van der Waals surface area contributed by atoms with Crippen LogP contribution >= 0.6 is 11.8 Å². The van der Waals surface area contributed by atoms with E-state index in [1.165, 1.54) is 25.6 Å². The molecule has 0 fully saturated rings. The highest BCUT2D eigenvalue weighted by molar-refractivity contribution is 8.00. The van der Waals surface area contributed by atoms with Crippen molar-refractivity contribution in [1.82, 2.24) is 19.1 Å². The first-order valence-electron chi connectivity index (χ1n) is 9.47. The average Bonchev–Trinajstić information content (AvgIpc) is 2.70. The van der Waals surface area contributed by atoms with Gasteiger partial charge in [0.2, 0.25) is 0 Å². The third-order valence-electron chi connectivity index (χ3n) is 4.79. The van der Waals surface area contributed by atoms with Crippen LogP contribution < -0.4 is 11.2 Å². The van der Waals surface area contributed by atoms with Gasteiger partial charge in [-0.05, 0) is 25.1 Å². The van der Waals surface area contributed by atoms with Crippen LogP contribution in [0.3, 0.4) is 0 Å². The number of benzene rings is 1. The van der Waals surface area contributed by atoms with Gasteiger partial charge >= 0.3 is 5.69 Å². The molecule has 0 saturated heterocycles. The lowest BCUT2D eigenvalue weighted by Gasteiger charge is -2.20. The highest BCUT2D eigenvalue weighted by Gasteiger charge is 2.27. The molecular weight excluding hydrogens is 426 g/mol. The van der Waals surface area contributed by atoms with Gasteiger partial charge in [-0.1, -0.05) is 32.5 Å². The van der Waals surface area contributed by atoms with Gasteiger partial charge in [-0.3, -0.25) is 18.7 Å². The van der Waals surface area contributed by atoms with Crippen molar-refractivity contribution in [2.75, 3.05) is 0 Å². The standard InChI is InChI=1S/C21H22F2N4O3S/c1-10(15(28)12-9-11(22)7-8-13(12)23)31-17-14-16(24-19(25-17)21(2,3)4)26(5)20(30)27(6)18(14)29/h7-10H,1-6H3. The van der Waals surface area contributed by atoms with Crippen molar-refractivity contribution >= 4 is 28.6 Å². The van der Waals surface area contributed by atoms with Crippen LogP contribution in [0.25, 0.3) is 11.0 Å². The zero-order chi connectivity index (χ0) is 23.2. The first-order valence-corrected chi connectivity index (χ1v) is 10.3. The molecule has 31 heavy (non-hydrogen) atoms. The van der Waals surface area contributed by atoms with Gasteiger partial charge in [-0.15, -0.1) is 0 Å². The molecule has 0 spiro atoms. The van der Waals surface area contributed by atoms with Crippen molar-refractivity contribution in [3.63, 3.8) is 0 Å². The van der Waals surface area contributed by atoms with E-state index in [9.17, 15) is 23.2 Å². The second kappa shape index (κ2) is 7.99. The summed E-state index contributed by atoms with van der Waals surface area (Å²) in [5.74, 6) is -1.83. The molecular formula is C21H22F2N4O3S. The van der Waals surface area contributed by atoms with Gasteiger partial charge in [0.1, 0.15) is 27.9 Å². The topological polar surface area (TPSA) is 86.8 Å². The van der Waals surface area contributed by atoms with Crippen LogP contribution in [0.1, 0.15) is 43.9 Å². The van der Waals surface area contributed by atoms with E-state index in [0.717, 1.165) is 34.5 Å². The number of rotatable bonds is 4. The monoisotopic (exact) mass is 448 g/mol. The number of ketones is 1. The highest BCUT2D eigenvalue weighted by Crippen LogP contribution is 2.31. The van der Waals surface area contributed by atoms with E-state index < -0.39 is 39.3 Å². The van der Waals surface area contributed by atoms with Crippen molar-refractivity contribution in [1.29, 1.82) is 0 Å². The fourth-order valence-electron chi connectivity index (χ4n) is 2.98. The largest absolute Gasteiger partial charge is 0.332 e. The molecule has 2 aromatic heterocycles. The Balaban J connectivity index is 2.21. The Morgan fingerprint density at radius 1 is 1.10 bits per heavy atom. The Labute approximate surface area is 181 Å². The van der Waals surface area contributed by atoms with Crippen LogP contribution in [-0.2, 0) is 19.5 Å². The second-order valence-corrected chi connectivity index (χ2v) is 9.58. The molecule has 3 aromatic rings. The normalized spacial score (nSPS) is 12.9. The first kappa shape index (κ1) is 22.8. The van der Waals surface area contributed by atoms with Crippen molar-refractivity contribution in [2.45, 2.75) is 43.4 Å². The number of fused-ring (bicyclic) bond motifs is 1. The van der Waals surface area contributed by atoms with Crippen molar-refractivity contribution in [2.24, 2.45) is 14.1 Å². The predicted molar refractivity (Wildman–Crippen MR) is 115 cm³/mol. The molecule has 2 heterocycles. The molecule has 0 aliphatic carbocycles. The van der Waals surface area contributed by atoms with Gasteiger partial charge in [0.05, 0.1) is 10.8 Å².